The van der Waals surface area contributed by atoms with Gasteiger partial charge in [0.15, 0.2) is 5.75 Å². The van der Waals surface area contributed by atoms with E-state index >= 15 is 0 Å². The first kappa shape index (κ1) is 19.4. The first-order valence-corrected chi connectivity index (χ1v) is 9.92. The lowest BCUT2D eigenvalue weighted by atomic mass is 10.2. The number of amides is 1. The van der Waals surface area contributed by atoms with Gasteiger partial charge < -0.3 is 15.4 Å². The van der Waals surface area contributed by atoms with Crippen LogP contribution in [0.25, 0.3) is 11.0 Å². The zero-order valence-electron chi connectivity index (χ0n) is 14.7. The second-order valence-corrected chi connectivity index (χ2v) is 7.25. The Morgan fingerprint density at radius 1 is 1.07 bits per heavy atom. The molecule has 0 atom stereocenters. The number of aromatic nitrogens is 3. The fourth-order valence-corrected chi connectivity index (χ4v) is 3.53. The Labute approximate surface area is 180 Å². The van der Waals surface area contributed by atoms with Crippen LogP contribution < -0.4 is 15.4 Å². The van der Waals surface area contributed by atoms with Crippen molar-refractivity contribution in [1.29, 1.82) is 0 Å². The van der Waals surface area contributed by atoms with E-state index in [4.69, 9.17) is 27.9 Å². The molecule has 4 aromatic rings. The monoisotopic (exact) mass is 445 g/mol. The molecule has 1 amide bonds. The van der Waals surface area contributed by atoms with Gasteiger partial charge in [-0.3, -0.25) is 4.79 Å². The predicted octanol–water partition coefficient (Wildman–Crippen LogP) is 5.24. The molecule has 0 spiro atoms. The molecule has 7 nitrogen and oxygen atoms in total. The summed E-state index contributed by atoms with van der Waals surface area (Å²) in [6, 6.07) is 14.2. The fraction of sp³-hybridized carbons (Fsp3) is 0.0526. The zero-order valence-corrected chi connectivity index (χ0v) is 17.1. The lowest BCUT2D eigenvalue weighted by Crippen LogP contribution is -2.22. The summed E-state index contributed by atoms with van der Waals surface area (Å²) < 4.78 is 14.2. The molecule has 0 aliphatic heterocycles. The molecule has 0 bridgehead atoms. The van der Waals surface area contributed by atoms with Crippen molar-refractivity contribution in [3.63, 3.8) is 0 Å². The number of pyridine rings is 1. The second kappa shape index (κ2) is 8.60. The smallest absolute Gasteiger partial charge is 0.243 e. The van der Waals surface area contributed by atoms with Crippen molar-refractivity contribution in [3.05, 3.63) is 64.8 Å². The minimum absolute atomic E-state index is 0.0239. The molecular formula is C19H13Cl2N5O2S. The third-order valence-electron chi connectivity index (χ3n) is 3.87. The molecule has 0 unspecified atom stereocenters. The van der Waals surface area contributed by atoms with E-state index in [1.807, 2.05) is 18.2 Å². The van der Waals surface area contributed by atoms with Crippen LogP contribution in [-0.4, -0.2) is 26.2 Å². The van der Waals surface area contributed by atoms with Gasteiger partial charge in [0.2, 0.25) is 11.8 Å². The van der Waals surface area contributed by atoms with Crippen molar-refractivity contribution in [2.24, 2.45) is 0 Å². The minimum atomic E-state index is -0.233. The van der Waals surface area contributed by atoms with Crippen LogP contribution in [-0.2, 0) is 4.79 Å². The highest BCUT2D eigenvalue weighted by Crippen LogP contribution is 2.33. The Bertz CT molecular complexity index is 1180. The molecule has 2 N–H and O–H groups in total. The Morgan fingerprint density at radius 3 is 2.76 bits per heavy atom. The van der Waals surface area contributed by atoms with Crippen LogP contribution in [0.2, 0.25) is 10.0 Å². The number of nitrogens with one attached hydrogen (secondary N) is 2. The lowest BCUT2D eigenvalue weighted by molar-refractivity contribution is -0.114. The van der Waals surface area contributed by atoms with Crippen LogP contribution in [0, 0.1) is 0 Å². The highest BCUT2D eigenvalue weighted by Gasteiger charge is 2.12. The minimum Gasteiger partial charge on any atom is -0.435 e. The van der Waals surface area contributed by atoms with Crippen molar-refractivity contribution in [3.8, 4) is 11.6 Å². The number of carbonyl (C=O) groups excluding carboxylic acids is 1. The number of anilines is 2. The standard InChI is InChI=1S/C19H13Cl2N5O2S/c20-11-8-12(21)19(23-9-11)28-16-7-2-1-4-13(16)22-10-17(27)24-14-5-3-6-15-18(14)26-29-25-15/h1-9,22H,10H2,(H,24,27). The average Bonchev–Trinajstić information content (AvgIpc) is 3.19. The topological polar surface area (TPSA) is 89.0 Å². The molecule has 10 heteroatoms. The molecule has 2 heterocycles. The largest absolute Gasteiger partial charge is 0.435 e. The number of para-hydroxylation sites is 2. The summed E-state index contributed by atoms with van der Waals surface area (Å²) in [6.45, 7) is 0.0239. The van der Waals surface area contributed by atoms with E-state index < -0.39 is 0 Å². The Balaban J connectivity index is 1.44. The van der Waals surface area contributed by atoms with Gasteiger partial charge in [0.05, 0.1) is 34.7 Å². The van der Waals surface area contributed by atoms with Gasteiger partial charge in [-0.05, 0) is 30.3 Å². The van der Waals surface area contributed by atoms with E-state index in [1.165, 1.54) is 6.20 Å². The second-order valence-electron chi connectivity index (χ2n) is 5.88. The quantitative estimate of drug-likeness (QED) is 0.421. The maximum absolute atomic E-state index is 12.4. The SMILES string of the molecule is O=C(CNc1ccccc1Oc1ncc(Cl)cc1Cl)Nc1cccc2nsnc12. The first-order chi connectivity index (χ1) is 14.1. The number of benzene rings is 2. The number of halogens is 2. The molecule has 0 radical (unpaired) electrons. The molecule has 0 saturated heterocycles. The molecule has 0 aliphatic rings. The Morgan fingerprint density at radius 2 is 1.90 bits per heavy atom. The maximum atomic E-state index is 12.4. The fourth-order valence-electron chi connectivity index (χ4n) is 2.56. The van der Waals surface area contributed by atoms with Gasteiger partial charge in [-0.2, -0.15) is 8.75 Å². The number of fused-ring (bicyclic) bond motifs is 1. The van der Waals surface area contributed by atoms with Crippen LogP contribution >= 0.6 is 34.9 Å². The van der Waals surface area contributed by atoms with E-state index in [0.29, 0.717) is 27.7 Å². The molecular weight excluding hydrogens is 433 g/mol. The maximum Gasteiger partial charge on any atom is 0.243 e. The molecule has 146 valence electrons. The van der Waals surface area contributed by atoms with Crippen LogP contribution in [0.3, 0.4) is 0 Å². The summed E-state index contributed by atoms with van der Waals surface area (Å²) in [7, 11) is 0. The van der Waals surface area contributed by atoms with Gasteiger partial charge in [0, 0.05) is 6.20 Å². The van der Waals surface area contributed by atoms with Gasteiger partial charge in [-0.1, -0.05) is 41.4 Å². The van der Waals surface area contributed by atoms with Gasteiger partial charge in [0.25, 0.3) is 0 Å². The Hall–Kier alpha value is -2.94. The highest BCUT2D eigenvalue weighted by atomic mass is 35.5. The number of carbonyl (C=O) groups is 1. The van der Waals surface area contributed by atoms with Crippen LogP contribution in [0.5, 0.6) is 11.6 Å². The van der Waals surface area contributed by atoms with E-state index in [2.05, 4.69) is 24.4 Å². The van der Waals surface area contributed by atoms with Crippen molar-refractivity contribution < 1.29 is 9.53 Å². The zero-order chi connectivity index (χ0) is 20.2. The molecule has 2 aromatic carbocycles. The number of hydrogen-bond acceptors (Lipinski definition) is 7. The highest BCUT2D eigenvalue weighted by molar-refractivity contribution is 7.00. The summed E-state index contributed by atoms with van der Waals surface area (Å²) >= 11 is 13.1. The van der Waals surface area contributed by atoms with E-state index in [1.54, 1.807) is 30.3 Å². The molecule has 2 aromatic heterocycles. The van der Waals surface area contributed by atoms with Gasteiger partial charge in [-0.25, -0.2) is 4.98 Å². The van der Waals surface area contributed by atoms with E-state index in [-0.39, 0.29) is 23.4 Å². The summed E-state index contributed by atoms with van der Waals surface area (Å²) in [6.07, 6.45) is 1.44. The molecule has 0 saturated carbocycles. The number of rotatable bonds is 6. The molecule has 29 heavy (non-hydrogen) atoms. The van der Waals surface area contributed by atoms with Crippen molar-refractivity contribution in [2.45, 2.75) is 0 Å². The third kappa shape index (κ3) is 4.56. The van der Waals surface area contributed by atoms with Crippen molar-refractivity contribution in [1.82, 2.24) is 13.7 Å². The van der Waals surface area contributed by atoms with Crippen LogP contribution in [0.4, 0.5) is 11.4 Å². The van der Waals surface area contributed by atoms with E-state index in [9.17, 15) is 4.79 Å². The summed E-state index contributed by atoms with van der Waals surface area (Å²) in [5, 5.41) is 6.60. The summed E-state index contributed by atoms with van der Waals surface area (Å²) in [4.78, 5) is 16.5. The van der Waals surface area contributed by atoms with Gasteiger partial charge in [-0.15, -0.1) is 0 Å². The van der Waals surface area contributed by atoms with E-state index in [0.717, 1.165) is 17.2 Å². The first-order valence-electron chi connectivity index (χ1n) is 8.43. The number of hydrogen-bond donors (Lipinski definition) is 2. The van der Waals surface area contributed by atoms with Gasteiger partial charge >= 0.3 is 0 Å². The molecule has 0 aliphatic carbocycles. The lowest BCUT2D eigenvalue weighted by Gasteiger charge is -2.13. The molecule has 0 fully saturated rings. The Kier molecular flexibility index (Phi) is 5.75. The summed E-state index contributed by atoms with van der Waals surface area (Å²) in [5.74, 6) is 0.461. The predicted molar refractivity (Wildman–Crippen MR) is 115 cm³/mol. The number of ether oxygens (including phenoxy) is 1. The van der Waals surface area contributed by atoms with Crippen molar-refractivity contribution >= 4 is 63.2 Å². The van der Waals surface area contributed by atoms with Crippen molar-refractivity contribution in [2.75, 3.05) is 17.2 Å². The third-order valence-corrected chi connectivity index (χ3v) is 4.89. The molecule has 4 rings (SSSR count). The normalized spacial score (nSPS) is 10.7. The van der Waals surface area contributed by atoms with Gasteiger partial charge in [0.1, 0.15) is 16.1 Å². The number of nitrogens with zero attached hydrogens (tertiary/aromatic N) is 3. The summed E-state index contributed by atoms with van der Waals surface area (Å²) in [5.41, 5.74) is 2.64. The average molecular weight is 446 g/mol. The van der Waals surface area contributed by atoms with Crippen LogP contribution in [0.15, 0.2) is 54.7 Å². The van der Waals surface area contributed by atoms with Crippen LogP contribution in [0.1, 0.15) is 0 Å².